The van der Waals surface area contributed by atoms with Gasteiger partial charge in [0.15, 0.2) is 0 Å². The number of fused-ring (bicyclic) bond motifs is 1. The average Bonchev–Trinajstić information content (AvgIpc) is 2.51. The summed E-state index contributed by atoms with van der Waals surface area (Å²) in [6.45, 7) is 3.48. The molecule has 2 amide bonds. The van der Waals surface area contributed by atoms with E-state index in [-0.39, 0.29) is 18.7 Å². The predicted octanol–water partition coefficient (Wildman–Crippen LogP) is 1.92. The number of rotatable bonds is 5. The first-order valence-electron chi connectivity index (χ1n) is 7.46. The highest BCUT2D eigenvalue weighted by Gasteiger charge is 2.21. The summed E-state index contributed by atoms with van der Waals surface area (Å²) in [5.41, 5.74) is 2.44. The van der Waals surface area contributed by atoms with E-state index >= 15 is 0 Å². The van der Waals surface area contributed by atoms with E-state index in [4.69, 9.17) is 9.84 Å². The zero-order valence-corrected chi connectivity index (χ0v) is 12.8. The second-order valence-corrected chi connectivity index (χ2v) is 5.52. The summed E-state index contributed by atoms with van der Waals surface area (Å²) in [5.74, 6) is 0.826. The Morgan fingerprint density at radius 3 is 3.00 bits per heavy atom. The number of aliphatic hydroxyl groups is 1. The number of ether oxygens (including phenoxy) is 1. The Hall–Kier alpha value is -1.75. The van der Waals surface area contributed by atoms with Crippen molar-refractivity contribution in [3.05, 3.63) is 29.3 Å². The molecule has 0 spiro atoms. The summed E-state index contributed by atoms with van der Waals surface area (Å²) in [4.78, 5) is 14.1. The van der Waals surface area contributed by atoms with Gasteiger partial charge in [0.2, 0.25) is 0 Å². The van der Waals surface area contributed by atoms with Crippen LogP contribution in [-0.2, 0) is 13.0 Å². The Labute approximate surface area is 125 Å². The zero-order chi connectivity index (χ0) is 15.2. The van der Waals surface area contributed by atoms with Gasteiger partial charge in [-0.15, -0.1) is 0 Å². The number of carbonyl (C=O) groups excluding carboxylic acids is 1. The summed E-state index contributed by atoms with van der Waals surface area (Å²) < 4.78 is 5.24. The number of benzene rings is 1. The quantitative estimate of drug-likeness (QED) is 0.871. The highest BCUT2D eigenvalue weighted by atomic mass is 16.5. The summed E-state index contributed by atoms with van der Waals surface area (Å²) in [7, 11) is 1.65. The molecule has 1 heterocycles. The molecule has 1 atom stereocenters. The molecule has 1 aliphatic heterocycles. The number of hydrogen-bond donors (Lipinski definition) is 2. The van der Waals surface area contributed by atoms with Crippen molar-refractivity contribution in [2.24, 2.45) is 0 Å². The molecule has 0 bridgehead atoms. The van der Waals surface area contributed by atoms with E-state index < -0.39 is 0 Å². The van der Waals surface area contributed by atoms with Gasteiger partial charge in [0.1, 0.15) is 5.75 Å². The van der Waals surface area contributed by atoms with Crippen molar-refractivity contribution in [1.29, 1.82) is 0 Å². The largest absolute Gasteiger partial charge is 0.497 e. The first kappa shape index (κ1) is 15.6. The molecule has 2 rings (SSSR count). The number of nitrogens with zero attached hydrogens (tertiary/aromatic N) is 1. The standard InChI is InChI=1S/C16H24N2O3/c1-12(4-3-9-19)17-16(20)18-8-7-13-5-6-15(21-2)10-14(13)11-18/h5-6,10,12,19H,3-4,7-9,11H2,1-2H3,(H,17,20). The van der Waals surface area contributed by atoms with Gasteiger partial charge in [-0.1, -0.05) is 6.07 Å². The molecule has 21 heavy (non-hydrogen) atoms. The summed E-state index contributed by atoms with van der Waals surface area (Å²) >= 11 is 0. The van der Waals surface area contributed by atoms with Crippen LogP contribution in [0.2, 0.25) is 0 Å². The molecule has 5 heteroatoms. The fourth-order valence-electron chi connectivity index (χ4n) is 2.61. The Kier molecular flexibility index (Phi) is 5.44. The Bertz CT molecular complexity index is 490. The lowest BCUT2D eigenvalue weighted by Crippen LogP contribution is -2.45. The molecule has 0 aromatic heterocycles. The van der Waals surface area contributed by atoms with E-state index in [2.05, 4.69) is 11.4 Å². The maximum atomic E-state index is 12.3. The molecule has 0 saturated heterocycles. The van der Waals surface area contributed by atoms with Crippen LogP contribution in [0, 0.1) is 0 Å². The van der Waals surface area contributed by atoms with Crippen LogP contribution in [0.1, 0.15) is 30.9 Å². The van der Waals surface area contributed by atoms with Crippen molar-refractivity contribution >= 4 is 6.03 Å². The normalized spacial score (nSPS) is 15.3. The van der Waals surface area contributed by atoms with Crippen LogP contribution in [-0.4, -0.2) is 42.3 Å². The molecule has 5 nitrogen and oxygen atoms in total. The smallest absolute Gasteiger partial charge is 0.317 e. The fraction of sp³-hybridized carbons (Fsp3) is 0.562. The van der Waals surface area contributed by atoms with Crippen molar-refractivity contribution in [2.75, 3.05) is 20.3 Å². The lowest BCUT2D eigenvalue weighted by molar-refractivity contribution is 0.187. The lowest BCUT2D eigenvalue weighted by atomic mass is 10.00. The van der Waals surface area contributed by atoms with Crippen LogP contribution in [0.5, 0.6) is 5.75 Å². The third kappa shape index (κ3) is 4.11. The van der Waals surface area contributed by atoms with Crippen LogP contribution in [0.25, 0.3) is 0 Å². The number of aliphatic hydroxyl groups excluding tert-OH is 1. The minimum Gasteiger partial charge on any atom is -0.497 e. The Morgan fingerprint density at radius 1 is 1.48 bits per heavy atom. The molecule has 0 saturated carbocycles. The maximum absolute atomic E-state index is 12.3. The van der Waals surface area contributed by atoms with Gasteiger partial charge < -0.3 is 20.1 Å². The van der Waals surface area contributed by atoms with Crippen LogP contribution in [0.3, 0.4) is 0 Å². The van der Waals surface area contributed by atoms with Crippen molar-refractivity contribution in [3.8, 4) is 5.75 Å². The van der Waals surface area contributed by atoms with E-state index in [0.717, 1.165) is 30.7 Å². The highest BCUT2D eigenvalue weighted by Crippen LogP contribution is 2.23. The van der Waals surface area contributed by atoms with E-state index in [1.54, 1.807) is 7.11 Å². The second kappa shape index (κ2) is 7.31. The summed E-state index contributed by atoms with van der Waals surface area (Å²) in [6.07, 6.45) is 2.37. The average molecular weight is 292 g/mol. The Morgan fingerprint density at radius 2 is 2.29 bits per heavy atom. The van der Waals surface area contributed by atoms with E-state index in [1.165, 1.54) is 5.56 Å². The van der Waals surface area contributed by atoms with Crippen molar-refractivity contribution in [3.63, 3.8) is 0 Å². The molecule has 1 aliphatic rings. The SMILES string of the molecule is COc1ccc2c(c1)CN(C(=O)NC(C)CCCO)CC2. The van der Waals surface area contributed by atoms with Gasteiger partial charge in [0, 0.05) is 25.7 Å². The third-order valence-electron chi connectivity index (χ3n) is 3.88. The number of nitrogens with one attached hydrogen (secondary N) is 1. The van der Waals surface area contributed by atoms with E-state index in [1.807, 2.05) is 24.0 Å². The van der Waals surface area contributed by atoms with Gasteiger partial charge in [-0.05, 0) is 49.4 Å². The van der Waals surface area contributed by atoms with Crippen molar-refractivity contribution in [1.82, 2.24) is 10.2 Å². The highest BCUT2D eigenvalue weighted by molar-refractivity contribution is 5.75. The number of hydrogen-bond acceptors (Lipinski definition) is 3. The van der Waals surface area contributed by atoms with Crippen LogP contribution < -0.4 is 10.1 Å². The van der Waals surface area contributed by atoms with Gasteiger partial charge in [0.05, 0.1) is 7.11 Å². The van der Waals surface area contributed by atoms with Crippen LogP contribution in [0.15, 0.2) is 18.2 Å². The Balaban J connectivity index is 1.95. The molecule has 1 aromatic rings. The first-order chi connectivity index (χ1) is 10.1. The summed E-state index contributed by atoms with van der Waals surface area (Å²) in [5, 5.41) is 11.8. The molecule has 1 unspecified atom stereocenters. The van der Waals surface area contributed by atoms with Crippen LogP contribution >= 0.6 is 0 Å². The third-order valence-corrected chi connectivity index (χ3v) is 3.88. The van der Waals surface area contributed by atoms with Crippen LogP contribution in [0.4, 0.5) is 4.79 Å². The van der Waals surface area contributed by atoms with Gasteiger partial charge in [-0.2, -0.15) is 0 Å². The minimum atomic E-state index is -0.0334. The second-order valence-electron chi connectivity index (χ2n) is 5.52. The number of methoxy groups -OCH3 is 1. The first-order valence-corrected chi connectivity index (χ1v) is 7.46. The molecule has 1 aromatic carbocycles. The van der Waals surface area contributed by atoms with E-state index in [0.29, 0.717) is 13.0 Å². The van der Waals surface area contributed by atoms with Gasteiger partial charge >= 0.3 is 6.03 Å². The molecule has 0 fully saturated rings. The minimum absolute atomic E-state index is 0.0334. The van der Waals surface area contributed by atoms with Crippen molar-refractivity contribution in [2.45, 2.75) is 38.8 Å². The molecule has 116 valence electrons. The fourth-order valence-corrected chi connectivity index (χ4v) is 2.61. The summed E-state index contributed by atoms with van der Waals surface area (Å²) in [6, 6.07) is 6.09. The maximum Gasteiger partial charge on any atom is 0.317 e. The molecular formula is C16H24N2O3. The molecule has 0 aliphatic carbocycles. The number of carbonyl (C=O) groups is 1. The lowest BCUT2D eigenvalue weighted by Gasteiger charge is -2.30. The molecule has 0 radical (unpaired) electrons. The number of urea groups is 1. The monoisotopic (exact) mass is 292 g/mol. The number of amides is 2. The topological polar surface area (TPSA) is 61.8 Å². The van der Waals surface area contributed by atoms with Gasteiger partial charge in [-0.3, -0.25) is 0 Å². The van der Waals surface area contributed by atoms with Crippen molar-refractivity contribution < 1.29 is 14.6 Å². The predicted molar refractivity (Wildman–Crippen MR) is 81.4 cm³/mol. The van der Waals surface area contributed by atoms with Gasteiger partial charge in [-0.25, -0.2) is 4.79 Å². The van der Waals surface area contributed by atoms with Gasteiger partial charge in [0.25, 0.3) is 0 Å². The molecule has 2 N–H and O–H groups in total. The van der Waals surface area contributed by atoms with E-state index in [9.17, 15) is 4.79 Å². The molecular weight excluding hydrogens is 268 g/mol. The zero-order valence-electron chi connectivity index (χ0n) is 12.8.